The highest BCUT2D eigenvalue weighted by molar-refractivity contribution is 6.35. The first-order valence-corrected chi connectivity index (χ1v) is 6.56. The molecule has 19 heavy (non-hydrogen) atoms. The van der Waals surface area contributed by atoms with Crippen molar-refractivity contribution in [2.24, 2.45) is 0 Å². The lowest BCUT2D eigenvalue weighted by molar-refractivity contribution is 0.697. The fourth-order valence-corrected chi connectivity index (χ4v) is 2.86. The molecule has 0 bridgehead atoms. The minimum absolute atomic E-state index is 0.466. The number of hydrogen-bond donors (Lipinski definition) is 0. The third kappa shape index (κ3) is 1.94. The molecule has 0 fully saturated rings. The molecule has 0 atom stereocenters. The van der Waals surface area contributed by atoms with E-state index in [9.17, 15) is 5.26 Å². The molecule has 3 heterocycles. The second-order valence-electron chi connectivity index (χ2n) is 4.27. The van der Waals surface area contributed by atoms with Gasteiger partial charge in [0.25, 0.3) is 0 Å². The molecule has 0 radical (unpaired) electrons. The minimum Gasteiger partial charge on any atom is -0.338 e. The summed E-state index contributed by atoms with van der Waals surface area (Å²) in [5, 5.41) is 10.5. The van der Waals surface area contributed by atoms with Gasteiger partial charge in [0.05, 0.1) is 22.0 Å². The molecule has 3 rings (SSSR count). The Kier molecular flexibility index (Phi) is 3.06. The van der Waals surface area contributed by atoms with Crippen LogP contribution in [0.1, 0.15) is 17.7 Å². The second-order valence-corrected chi connectivity index (χ2v) is 5.13. The van der Waals surface area contributed by atoms with Gasteiger partial charge >= 0.3 is 0 Å². The summed E-state index contributed by atoms with van der Waals surface area (Å²) in [6, 6.07) is 5.94. The van der Waals surface area contributed by atoms with Gasteiger partial charge in [-0.15, -0.1) is 0 Å². The largest absolute Gasteiger partial charge is 0.338 e. The first-order chi connectivity index (χ1) is 9.22. The predicted molar refractivity (Wildman–Crippen MR) is 75.8 cm³/mol. The molecule has 0 aliphatic carbocycles. The van der Waals surface area contributed by atoms with Crippen LogP contribution in [0.5, 0.6) is 0 Å². The fourth-order valence-electron chi connectivity index (χ4n) is 2.32. The zero-order chi connectivity index (χ0) is 13.4. The van der Waals surface area contributed by atoms with E-state index in [2.05, 4.69) is 11.1 Å². The Morgan fingerprint density at radius 1 is 1.37 bits per heavy atom. The quantitative estimate of drug-likeness (QED) is 0.794. The van der Waals surface area contributed by atoms with Crippen LogP contribution in [0.3, 0.4) is 0 Å². The fraction of sp³-hybridized carbons (Fsp3) is 0.143. The number of nitriles is 1. The molecule has 0 spiro atoms. The second kappa shape index (κ2) is 4.73. The van der Waals surface area contributed by atoms with E-state index in [0.717, 1.165) is 34.9 Å². The number of allylic oxidation sites excluding steroid dienone is 1. The number of aromatic nitrogens is 2. The Labute approximate surface area is 120 Å². The van der Waals surface area contributed by atoms with Crippen molar-refractivity contribution in [3.63, 3.8) is 0 Å². The summed E-state index contributed by atoms with van der Waals surface area (Å²) in [6.45, 7) is 0.719. The highest BCUT2D eigenvalue weighted by Gasteiger charge is 2.24. The average molecular weight is 290 g/mol. The minimum atomic E-state index is 0.466. The third-order valence-electron chi connectivity index (χ3n) is 3.16. The monoisotopic (exact) mass is 289 g/mol. The molecule has 1 aliphatic rings. The van der Waals surface area contributed by atoms with E-state index < -0.39 is 0 Å². The molecule has 0 amide bonds. The Bertz CT molecular complexity index is 709. The van der Waals surface area contributed by atoms with Crippen LogP contribution in [0.25, 0.3) is 17.3 Å². The lowest BCUT2D eigenvalue weighted by Gasteiger charge is -2.16. The van der Waals surface area contributed by atoms with Gasteiger partial charge in [0.1, 0.15) is 6.07 Å². The first kappa shape index (κ1) is 12.3. The highest BCUT2D eigenvalue weighted by atomic mass is 35.5. The summed E-state index contributed by atoms with van der Waals surface area (Å²) in [4.78, 5) is 4.10. The van der Waals surface area contributed by atoms with Crippen LogP contribution >= 0.6 is 23.2 Å². The van der Waals surface area contributed by atoms with Crippen LogP contribution in [-0.2, 0) is 6.54 Å². The summed E-state index contributed by atoms with van der Waals surface area (Å²) in [7, 11) is 0. The zero-order valence-corrected chi connectivity index (χ0v) is 11.4. The maximum absolute atomic E-state index is 9.29. The van der Waals surface area contributed by atoms with E-state index in [4.69, 9.17) is 23.2 Å². The lowest BCUT2D eigenvalue weighted by atomic mass is 10.2. The van der Waals surface area contributed by atoms with Crippen LogP contribution < -0.4 is 0 Å². The molecule has 0 saturated carbocycles. The molecule has 3 nitrogen and oxygen atoms in total. The van der Waals surface area contributed by atoms with Crippen molar-refractivity contribution in [3.8, 4) is 17.3 Å². The third-order valence-corrected chi connectivity index (χ3v) is 3.82. The van der Waals surface area contributed by atoms with Gasteiger partial charge in [0, 0.05) is 36.0 Å². The Balaban J connectivity index is 2.31. The maximum atomic E-state index is 9.29. The molecule has 5 heteroatoms. The van der Waals surface area contributed by atoms with E-state index in [-0.39, 0.29) is 0 Å². The molecule has 0 saturated heterocycles. The maximum Gasteiger partial charge on any atom is 0.103 e. The van der Waals surface area contributed by atoms with Gasteiger partial charge in [-0.1, -0.05) is 23.2 Å². The van der Waals surface area contributed by atoms with Gasteiger partial charge in [0.2, 0.25) is 0 Å². The molecule has 0 aromatic carbocycles. The first-order valence-electron chi connectivity index (χ1n) is 5.81. The van der Waals surface area contributed by atoms with Crippen LogP contribution in [0.15, 0.2) is 29.6 Å². The summed E-state index contributed by atoms with van der Waals surface area (Å²) in [5.74, 6) is 0. The molecular weight excluding hydrogens is 281 g/mol. The molecule has 2 aromatic heterocycles. The SMILES string of the molecule is N#Cc1c(Cl)c(-c2cccnc2)n2c1C=C(Cl)CC2. The molecule has 2 aromatic rings. The number of nitrogens with zero attached hydrogens (tertiary/aromatic N) is 3. The zero-order valence-electron chi connectivity index (χ0n) is 9.90. The van der Waals surface area contributed by atoms with E-state index in [0.29, 0.717) is 10.6 Å². The van der Waals surface area contributed by atoms with Crippen molar-refractivity contribution in [2.75, 3.05) is 0 Å². The number of fused-ring (bicyclic) bond motifs is 1. The van der Waals surface area contributed by atoms with Crippen LogP contribution in [0.2, 0.25) is 5.02 Å². The lowest BCUT2D eigenvalue weighted by Crippen LogP contribution is -2.07. The van der Waals surface area contributed by atoms with Crippen molar-refractivity contribution >= 4 is 29.3 Å². The smallest absolute Gasteiger partial charge is 0.103 e. The Morgan fingerprint density at radius 2 is 2.21 bits per heavy atom. The molecular formula is C14H9Cl2N3. The van der Waals surface area contributed by atoms with Crippen molar-refractivity contribution in [1.82, 2.24) is 9.55 Å². The number of hydrogen-bond acceptors (Lipinski definition) is 2. The average Bonchev–Trinajstić information content (AvgIpc) is 2.70. The number of halogens is 2. The van der Waals surface area contributed by atoms with Crippen molar-refractivity contribution < 1.29 is 0 Å². The van der Waals surface area contributed by atoms with Gasteiger partial charge in [-0.25, -0.2) is 0 Å². The van der Waals surface area contributed by atoms with Crippen molar-refractivity contribution in [2.45, 2.75) is 13.0 Å². The summed E-state index contributed by atoms with van der Waals surface area (Å²) >= 11 is 12.4. The summed E-state index contributed by atoms with van der Waals surface area (Å²) in [6.07, 6.45) is 6.02. The van der Waals surface area contributed by atoms with Crippen LogP contribution in [0.4, 0.5) is 0 Å². The number of pyridine rings is 1. The Hall–Kier alpha value is -1.76. The van der Waals surface area contributed by atoms with E-state index in [1.165, 1.54) is 0 Å². The van der Waals surface area contributed by atoms with E-state index in [1.807, 2.05) is 22.8 Å². The van der Waals surface area contributed by atoms with Crippen LogP contribution in [0, 0.1) is 11.3 Å². The van der Waals surface area contributed by atoms with Gasteiger partial charge in [-0.2, -0.15) is 5.26 Å². The van der Waals surface area contributed by atoms with Gasteiger partial charge in [-0.05, 0) is 18.2 Å². The molecule has 0 unspecified atom stereocenters. The molecule has 1 aliphatic heterocycles. The summed E-state index contributed by atoms with van der Waals surface area (Å²) < 4.78 is 2.03. The highest BCUT2D eigenvalue weighted by Crippen LogP contribution is 2.39. The van der Waals surface area contributed by atoms with Gasteiger partial charge in [0.15, 0.2) is 0 Å². The molecule has 94 valence electrons. The van der Waals surface area contributed by atoms with Crippen molar-refractivity contribution in [3.05, 3.63) is 45.8 Å². The van der Waals surface area contributed by atoms with Crippen molar-refractivity contribution in [1.29, 1.82) is 5.26 Å². The van der Waals surface area contributed by atoms with Gasteiger partial charge < -0.3 is 4.57 Å². The van der Waals surface area contributed by atoms with E-state index in [1.54, 1.807) is 12.4 Å². The number of rotatable bonds is 1. The molecule has 0 N–H and O–H groups in total. The van der Waals surface area contributed by atoms with Crippen LogP contribution in [-0.4, -0.2) is 9.55 Å². The van der Waals surface area contributed by atoms with E-state index >= 15 is 0 Å². The standard InChI is InChI=1S/C14H9Cl2N3/c15-10-3-5-19-12(6-10)11(7-17)13(16)14(19)9-2-1-4-18-8-9/h1-2,4,6,8H,3,5H2. The predicted octanol–water partition coefficient (Wildman–Crippen LogP) is 4.06. The van der Waals surface area contributed by atoms with Gasteiger partial charge in [-0.3, -0.25) is 4.98 Å². The summed E-state index contributed by atoms with van der Waals surface area (Å²) in [5.41, 5.74) is 2.99. The normalized spacial score (nSPS) is 13.6. The topological polar surface area (TPSA) is 41.6 Å². The Morgan fingerprint density at radius 3 is 2.89 bits per heavy atom.